The first-order valence-corrected chi connectivity index (χ1v) is 8.30. The van der Waals surface area contributed by atoms with Crippen LogP contribution >= 0.6 is 11.6 Å². The number of nitrogens with one attached hydrogen (secondary N) is 2. The second-order valence-corrected chi connectivity index (χ2v) is 6.35. The van der Waals surface area contributed by atoms with Crippen LogP contribution in [0.1, 0.15) is 19.4 Å². The van der Waals surface area contributed by atoms with E-state index < -0.39 is 0 Å². The van der Waals surface area contributed by atoms with E-state index in [0.717, 1.165) is 5.56 Å². The van der Waals surface area contributed by atoms with E-state index in [1.54, 1.807) is 30.3 Å². The van der Waals surface area contributed by atoms with Gasteiger partial charge in [-0.1, -0.05) is 37.6 Å². The van der Waals surface area contributed by atoms with Crippen molar-refractivity contribution in [3.05, 3.63) is 53.1 Å². The van der Waals surface area contributed by atoms with Crippen molar-refractivity contribution in [3.63, 3.8) is 0 Å². The van der Waals surface area contributed by atoms with Crippen molar-refractivity contribution in [2.45, 2.75) is 20.3 Å². The standard InChI is InChI=1S/C19H21ClN2O3/c1-12(2)19(24)22-16-9-8-15(11-17(16)25-3)21-18(23)10-13-4-6-14(20)7-5-13/h4-9,11-12H,10H2,1-3H3,(H,21,23)(H,22,24). The summed E-state index contributed by atoms with van der Waals surface area (Å²) in [6, 6.07) is 12.2. The van der Waals surface area contributed by atoms with Gasteiger partial charge in [0.25, 0.3) is 0 Å². The zero-order valence-electron chi connectivity index (χ0n) is 14.4. The number of methoxy groups -OCH3 is 1. The average Bonchev–Trinajstić information content (AvgIpc) is 2.58. The van der Waals surface area contributed by atoms with E-state index in [2.05, 4.69) is 10.6 Å². The average molecular weight is 361 g/mol. The second-order valence-electron chi connectivity index (χ2n) is 5.91. The number of anilines is 2. The molecule has 5 nitrogen and oxygen atoms in total. The van der Waals surface area contributed by atoms with Gasteiger partial charge in [0.1, 0.15) is 5.75 Å². The number of hydrogen-bond acceptors (Lipinski definition) is 3. The van der Waals surface area contributed by atoms with Gasteiger partial charge in [-0.05, 0) is 29.8 Å². The van der Waals surface area contributed by atoms with E-state index in [-0.39, 0.29) is 24.2 Å². The number of ether oxygens (including phenoxy) is 1. The maximum atomic E-state index is 12.2. The van der Waals surface area contributed by atoms with E-state index in [9.17, 15) is 9.59 Å². The molecule has 0 spiro atoms. The van der Waals surface area contributed by atoms with Gasteiger partial charge in [-0.3, -0.25) is 9.59 Å². The molecule has 2 aromatic carbocycles. The van der Waals surface area contributed by atoms with Gasteiger partial charge >= 0.3 is 0 Å². The van der Waals surface area contributed by atoms with Crippen LogP contribution in [0.15, 0.2) is 42.5 Å². The number of carbonyl (C=O) groups is 2. The Hall–Kier alpha value is -2.53. The molecule has 0 fully saturated rings. The molecule has 25 heavy (non-hydrogen) atoms. The topological polar surface area (TPSA) is 67.4 Å². The number of halogens is 1. The summed E-state index contributed by atoms with van der Waals surface area (Å²) in [6.45, 7) is 3.63. The van der Waals surface area contributed by atoms with Gasteiger partial charge in [-0.2, -0.15) is 0 Å². The summed E-state index contributed by atoms with van der Waals surface area (Å²) < 4.78 is 5.30. The molecule has 2 N–H and O–H groups in total. The summed E-state index contributed by atoms with van der Waals surface area (Å²) >= 11 is 5.84. The molecule has 0 heterocycles. The molecule has 0 aromatic heterocycles. The summed E-state index contributed by atoms with van der Waals surface area (Å²) in [5.74, 6) is 0.0999. The molecule has 0 atom stereocenters. The summed E-state index contributed by atoms with van der Waals surface area (Å²) in [7, 11) is 1.51. The van der Waals surface area contributed by atoms with Crippen LogP contribution in [0.4, 0.5) is 11.4 Å². The van der Waals surface area contributed by atoms with Crippen LogP contribution < -0.4 is 15.4 Å². The zero-order valence-corrected chi connectivity index (χ0v) is 15.2. The Labute approximate surface area is 152 Å². The third-order valence-corrected chi connectivity index (χ3v) is 3.80. The summed E-state index contributed by atoms with van der Waals surface area (Å²) in [5.41, 5.74) is 2.03. The predicted octanol–water partition coefficient (Wildman–Crippen LogP) is 4.12. The summed E-state index contributed by atoms with van der Waals surface area (Å²) in [5, 5.41) is 6.25. The van der Waals surface area contributed by atoms with Crippen LogP contribution in [-0.2, 0) is 16.0 Å². The zero-order chi connectivity index (χ0) is 18.4. The molecule has 0 aliphatic heterocycles. The maximum absolute atomic E-state index is 12.2. The molecule has 0 radical (unpaired) electrons. The van der Waals surface area contributed by atoms with E-state index >= 15 is 0 Å². The molecule has 0 bridgehead atoms. The van der Waals surface area contributed by atoms with Crippen LogP contribution in [0.3, 0.4) is 0 Å². The minimum Gasteiger partial charge on any atom is -0.494 e. The molecule has 6 heteroatoms. The number of carbonyl (C=O) groups excluding carboxylic acids is 2. The first-order valence-electron chi connectivity index (χ1n) is 7.92. The Balaban J connectivity index is 2.05. The molecule has 0 aliphatic rings. The van der Waals surface area contributed by atoms with Crippen molar-refractivity contribution in [2.75, 3.05) is 17.7 Å². The lowest BCUT2D eigenvalue weighted by atomic mass is 10.1. The Morgan fingerprint density at radius 1 is 1.08 bits per heavy atom. The van der Waals surface area contributed by atoms with Crippen LogP contribution in [0, 0.1) is 5.92 Å². The highest BCUT2D eigenvalue weighted by atomic mass is 35.5. The predicted molar refractivity (Wildman–Crippen MR) is 100 cm³/mol. The Morgan fingerprint density at radius 2 is 1.76 bits per heavy atom. The quantitative estimate of drug-likeness (QED) is 0.814. The first kappa shape index (κ1) is 18.8. The van der Waals surface area contributed by atoms with Gasteiger partial charge < -0.3 is 15.4 Å². The lowest BCUT2D eigenvalue weighted by Gasteiger charge is -2.14. The molecule has 2 rings (SSSR count). The lowest BCUT2D eigenvalue weighted by molar-refractivity contribution is -0.119. The molecule has 2 amide bonds. The molecule has 0 saturated carbocycles. The number of hydrogen-bond donors (Lipinski definition) is 2. The van der Waals surface area contributed by atoms with E-state index in [4.69, 9.17) is 16.3 Å². The Kier molecular flexibility index (Phi) is 6.42. The third-order valence-electron chi connectivity index (χ3n) is 3.55. The van der Waals surface area contributed by atoms with Gasteiger partial charge in [0.15, 0.2) is 0 Å². The van der Waals surface area contributed by atoms with Crippen molar-refractivity contribution in [1.82, 2.24) is 0 Å². The molecule has 2 aromatic rings. The van der Waals surface area contributed by atoms with Crippen LogP contribution in [-0.4, -0.2) is 18.9 Å². The summed E-state index contributed by atoms with van der Waals surface area (Å²) in [6.07, 6.45) is 0.241. The first-order chi connectivity index (χ1) is 11.9. The van der Waals surface area contributed by atoms with Crippen molar-refractivity contribution >= 4 is 34.8 Å². The minimum atomic E-state index is -0.150. The molecule has 0 unspecified atom stereocenters. The normalized spacial score (nSPS) is 10.4. The largest absolute Gasteiger partial charge is 0.494 e. The maximum Gasteiger partial charge on any atom is 0.228 e. The van der Waals surface area contributed by atoms with Gasteiger partial charge in [-0.15, -0.1) is 0 Å². The Morgan fingerprint density at radius 3 is 2.36 bits per heavy atom. The molecule has 0 saturated heterocycles. The lowest BCUT2D eigenvalue weighted by Crippen LogP contribution is -2.18. The van der Waals surface area contributed by atoms with Crippen LogP contribution in [0.5, 0.6) is 5.75 Å². The Bertz CT molecular complexity index is 758. The SMILES string of the molecule is COc1cc(NC(=O)Cc2ccc(Cl)cc2)ccc1NC(=O)C(C)C. The highest BCUT2D eigenvalue weighted by molar-refractivity contribution is 6.30. The smallest absolute Gasteiger partial charge is 0.228 e. The number of rotatable bonds is 6. The summed E-state index contributed by atoms with van der Waals surface area (Å²) in [4.78, 5) is 24.0. The van der Waals surface area contributed by atoms with Gasteiger partial charge in [0.05, 0.1) is 19.2 Å². The third kappa shape index (κ3) is 5.50. The highest BCUT2D eigenvalue weighted by Gasteiger charge is 2.12. The van der Waals surface area contributed by atoms with E-state index in [1.165, 1.54) is 7.11 Å². The van der Waals surface area contributed by atoms with Crippen molar-refractivity contribution in [3.8, 4) is 5.75 Å². The second kappa shape index (κ2) is 8.53. The van der Waals surface area contributed by atoms with Gasteiger partial charge in [0, 0.05) is 22.7 Å². The highest BCUT2D eigenvalue weighted by Crippen LogP contribution is 2.28. The number of benzene rings is 2. The van der Waals surface area contributed by atoms with Crippen LogP contribution in [0.2, 0.25) is 5.02 Å². The van der Waals surface area contributed by atoms with Crippen molar-refractivity contribution < 1.29 is 14.3 Å². The fourth-order valence-corrected chi connectivity index (χ4v) is 2.27. The molecule has 0 aliphatic carbocycles. The van der Waals surface area contributed by atoms with E-state index in [1.807, 2.05) is 26.0 Å². The van der Waals surface area contributed by atoms with E-state index in [0.29, 0.717) is 22.1 Å². The fraction of sp³-hybridized carbons (Fsp3) is 0.263. The minimum absolute atomic E-state index is 0.0992. The molecular weight excluding hydrogens is 340 g/mol. The number of amides is 2. The van der Waals surface area contributed by atoms with Gasteiger partial charge in [-0.25, -0.2) is 0 Å². The van der Waals surface area contributed by atoms with Gasteiger partial charge in [0.2, 0.25) is 11.8 Å². The van der Waals surface area contributed by atoms with Crippen molar-refractivity contribution in [2.24, 2.45) is 5.92 Å². The fourth-order valence-electron chi connectivity index (χ4n) is 2.14. The van der Waals surface area contributed by atoms with Crippen LogP contribution in [0.25, 0.3) is 0 Å². The monoisotopic (exact) mass is 360 g/mol. The van der Waals surface area contributed by atoms with Crippen molar-refractivity contribution in [1.29, 1.82) is 0 Å². The molecule has 132 valence electrons. The molecular formula is C19H21ClN2O3.